The molecule has 1 heterocycles. The number of carbonyl (C=O) groups is 1. The average molecular weight is 320 g/mol. The lowest BCUT2D eigenvalue weighted by atomic mass is 10.1. The Kier molecular flexibility index (Phi) is 9.59. The smallest absolute Gasteiger partial charge is 0.241 e. The number of carbonyl (C=O) groups excluding carboxylic acids is 1. The fraction of sp³-hybridized carbons (Fsp3) is 0.500. The Morgan fingerprint density at radius 2 is 1.80 bits per heavy atom. The van der Waals surface area contributed by atoms with Crippen LogP contribution < -0.4 is 11.1 Å². The third-order valence-corrected chi connectivity index (χ3v) is 3.37. The molecule has 1 aliphatic heterocycles. The van der Waals surface area contributed by atoms with Gasteiger partial charge in [0.1, 0.15) is 6.04 Å². The Morgan fingerprint density at radius 1 is 1.20 bits per heavy atom. The number of nitrogens with two attached hydrogens (primary N) is 1. The molecule has 114 valence electrons. The molecule has 2 rings (SSSR count). The van der Waals surface area contributed by atoms with Crippen molar-refractivity contribution in [3.8, 4) is 0 Å². The quantitative estimate of drug-likeness (QED) is 0.869. The van der Waals surface area contributed by atoms with Gasteiger partial charge in [-0.25, -0.2) is 0 Å². The molecule has 1 aliphatic rings. The maximum atomic E-state index is 11.9. The van der Waals surface area contributed by atoms with Crippen LogP contribution in [0.25, 0.3) is 0 Å². The van der Waals surface area contributed by atoms with Gasteiger partial charge < -0.3 is 16.0 Å². The molecule has 0 bridgehead atoms. The summed E-state index contributed by atoms with van der Waals surface area (Å²) >= 11 is 0. The zero-order valence-corrected chi connectivity index (χ0v) is 13.1. The summed E-state index contributed by atoms with van der Waals surface area (Å²) in [4.78, 5) is 14.2. The molecule has 3 N–H and O–H groups in total. The van der Waals surface area contributed by atoms with E-state index in [1.807, 2.05) is 30.3 Å². The summed E-state index contributed by atoms with van der Waals surface area (Å²) in [5.74, 6) is -0.0969. The predicted octanol–water partition coefficient (Wildman–Crippen LogP) is 1.74. The van der Waals surface area contributed by atoms with Crippen LogP contribution in [0.4, 0.5) is 0 Å². The van der Waals surface area contributed by atoms with E-state index in [2.05, 4.69) is 10.2 Å². The van der Waals surface area contributed by atoms with E-state index < -0.39 is 6.04 Å². The molecular formula is C14H23Cl2N3O. The Hall–Kier alpha value is -0.810. The van der Waals surface area contributed by atoms with Crippen molar-refractivity contribution in [2.24, 2.45) is 5.73 Å². The zero-order valence-electron chi connectivity index (χ0n) is 11.5. The van der Waals surface area contributed by atoms with Gasteiger partial charge in [-0.2, -0.15) is 0 Å². The van der Waals surface area contributed by atoms with Crippen molar-refractivity contribution < 1.29 is 4.79 Å². The first kappa shape index (κ1) is 19.2. The van der Waals surface area contributed by atoms with Gasteiger partial charge in [-0.05, 0) is 31.5 Å². The Morgan fingerprint density at radius 3 is 2.40 bits per heavy atom. The highest BCUT2D eigenvalue weighted by Gasteiger charge is 2.16. The van der Waals surface area contributed by atoms with Crippen LogP contribution in [0.3, 0.4) is 0 Å². The van der Waals surface area contributed by atoms with Crippen molar-refractivity contribution in [3.05, 3.63) is 35.9 Å². The van der Waals surface area contributed by atoms with Crippen LogP contribution in [0, 0.1) is 0 Å². The first-order chi connectivity index (χ1) is 8.77. The van der Waals surface area contributed by atoms with Gasteiger partial charge in [0, 0.05) is 13.1 Å². The van der Waals surface area contributed by atoms with E-state index in [0.29, 0.717) is 6.54 Å². The SMILES string of the molecule is Cl.Cl.NC(C(=O)NCCN1CCCC1)c1ccccc1. The Bertz CT molecular complexity index is 383. The van der Waals surface area contributed by atoms with E-state index >= 15 is 0 Å². The maximum Gasteiger partial charge on any atom is 0.241 e. The van der Waals surface area contributed by atoms with E-state index in [9.17, 15) is 4.79 Å². The molecule has 1 aromatic rings. The molecule has 0 aliphatic carbocycles. The van der Waals surface area contributed by atoms with Gasteiger partial charge >= 0.3 is 0 Å². The number of rotatable bonds is 5. The minimum absolute atomic E-state index is 0. The monoisotopic (exact) mass is 319 g/mol. The lowest BCUT2D eigenvalue weighted by Crippen LogP contribution is -2.38. The molecule has 1 saturated heterocycles. The van der Waals surface area contributed by atoms with Gasteiger partial charge in [0.25, 0.3) is 0 Å². The summed E-state index contributed by atoms with van der Waals surface area (Å²) in [6.07, 6.45) is 2.55. The molecular weight excluding hydrogens is 297 g/mol. The third kappa shape index (κ3) is 5.67. The number of benzene rings is 1. The molecule has 0 saturated carbocycles. The average Bonchev–Trinajstić information content (AvgIpc) is 2.92. The predicted molar refractivity (Wildman–Crippen MR) is 86.6 cm³/mol. The summed E-state index contributed by atoms with van der Waals surface area (Å²) < 4.78 is 0. The third-order valence-electron chi connectivity index (χ3n) is 3.37. The van der Waals surface area contributed by atoms with E-state index in [-0.39, 0.29) is 30.7 Å². The van der Waals surface area contributed by atoms with Gasteiger partial charge in [0.15, 0.2) is 0 Å². The molecule has 1 fully saturated rings. The van der Waals surface area contributed by atoms with Gasteiger partial charge in [0.05, 0.1) is 0 Å². The molecule has 4 nitrogen and oxygen atoms in total. The summed E-state index contributed by atoms with van der Waals surface area (Å²) in [7, 11) is 0. The normalized spacial score (nSPS) is 15.8. The summed E-state index contributed by atoms with van der Waals surface area (Å²) in [5, 5.41) is 2.90. The van der Waals surface area contributed by atoms with Crippen molar-refractivity contribution in [2.45, 2.75) is 18.9 Å². The number of amides is 1. The summed E-state index contributed by atoms with van der Waals surface area (Å²) in [6, 6.07) is 8.90. The minimum Gasteiger partial charge on any atom is -0.353 e. The van der Waals surface area contributed by atoms with Crippen molar-refractivity contribution in [1.82, 2.24) is 10.2 Å². The van der Waals surface area contributed by atoms with Crippen LogP contribution >= 0.6 is 24.8 Å². The standard InChI is InChI=1S/C14H21N3O.2ClH/c15-13(12-6-2-1-3-7-12)14(18)16-8-11-17-9-4-5-10-17;;/h1-3,6-7,13H,4-5,8-11,15H2,(H,16,18);2*1H. The van der Waals surface area contributed by atoms with Crippen LogP contribution in [0.5, 0.6) is 0 Å². The van der Waals surface area contributed by atoms with Crippen LogP contribution in [0.2, 0.25) is 0 Å². The van der Waals surface area contributed by atoms with Crippen molar-refractivity contribution >= 4 is 30.7 Å². The van der Waals surface area contributed by atoms with Gasteiger partial charge in [-0.15, -0.1) is 24.8 Å². The maximum absolute atomic E-state index is 11.9. The van der Waals surface area contributed by atoms with Crippen LogP contribution in [-0.2, 0) is 4.79 Å². The van der Waals surface area contributed by atoms with Crippen LogP contribution in [0.15, 0.2) is 30.3 Å². The topological polar surface area (TPSA) is 58.4 Å². The molecule has 20 heavy (non-hydrogen) atoms. The second-order valence-electron chi connectivity index (χ2n) is 4.73. The van der Waals surface area contributed by atoms with Crippen LogP contribution in [-0.4, -0.2) is 37.0 Å². The minimum atomic E-state index is -0.565. The van der Waals surface area contributed by atoms with Crippen molar-refractivity contribution in [1.29, 1.82) is 0 Å². The number of hydrogen-bond donors (Lipinski definition) is 2. The van der Waals surface area contributed by atoms with Crippen molar-refractivity contribution in [2.75, 3.05) is 26.2 Å². The number of likely N-dealkylation sites (tertiary alicyclic amines) is 1. The lowest BCUT2D eigenvalue weighted by molar-refractivity contribution is -0.122. The van der Waals surface area contributed by atoms with Gasteiger partial charge in [-0.3, -0.25) is 4.79 Å². The summed E-state index contributed by atoms with van der Waals surface area (Å²) in [5.41, 5.74) is 6.76. The zero-order chi connectivity index (χ0) is 12.8. The van der Waals surface area contributed by atoms with E-state index in [0.717, 1.165) is 25.2 Å². The highest BCUT2D eigenvalue weighted by Crippen LogP contribution is 2.09. The van der Waals surface area contributed by atoms with E-state index in [1.54, 1.807) is 0 Å². The number of nitrogens with zero attached hydrogens (tertiary/aromatic N) is 1. The second-order valence-corrected chi connectivity index (χ2v) is 4.73. The molecule has 6 heteroatoms. The fourth-order valence-corrected chi connectivity index (χ4v) is 2.27. The van der Waals surface area contributed by atoms with E-state index in [4.69, 9.17) is 5.73 Å². The molecule has 1 aromatic carbocycles. The van der Waals surface area contributed by atoms with Crippen molar-refractivity contribution in [3.63, 3.8) is 0 Å². The largest absolute Gasteiger partial charge is 0.353 e. The highest BCUT2D eigenvalue weighted by molar-refractivity contribution is 5.85. The molecule has 1 atom stereocenters. The first-order valence-corrected chi connectivity index (χ1v) is 6.58. The number of halogens is 2. The molecule has 0 aromatic heterocycles. The highest BCUT2D eigenvalue weighted by atomic mass is 35.5. The first-order valence-electron chi connectivity index (χ1n) is 6.58. The number of nitrogens with one attached hydrogen (secondary N) is 1. The number of hydrogen-bond acceptors (Lipinski definition) is 3. The Labute approximate surface area is 132 Å². The van der Waals surface area contributed by atoms with Gasteiger partial charge in [-0.1, -0.05) is 30.3 Å². The van der Waals surface area contributed by atoms with Crippen LogP contribution in [0.1, 0.15) is 24.4 Å². The summed E-state index contributed by atoms with van der Waals surface area (Å²) in [6.45, 7) is 3.91. The molecule has 0 radical (unpaired) electrons. The molecule has 0 spiro atoms. The Balaban J connectivity index is 0.00000180. The molecule has 1 unspecified atom stereocenters. The molecule has 1 amide bonds. The van der Waals surface area contributed by atoms with E-state index in [1.165, 1.54) is 12.8 Å². The fourth-order valence-electron chi connectivity index (χ4n) is 2.27. The second kappa shape index (κ2) is 10.00. The van der Waals surface area contributed by atoms with Gasteiger partial charge in [0.2, 0.25) is 5.91 Å². The lowest BCUT2D eigenvalue weighted by Gasteiger charge is -2.16.